The summed E-state index contributed by atoms with van der Waals surface area (Å²) >= 11 is 0. The van der Waals surface area contributed by atoms with E-state index in [1.165, 1.54) is 13.8 Å². The second kappa shape index (κ2) is 6.50. The molecular formula is C11H19NO6P2. The predicted octanol–water partition coefficient (Wildman–Crippen LogP) is 1.54. The van der Waals surface area contributed by atoms with E-state index in [9.17, 15) is 28.7 Å². The van der Waals surface area contributed by atoms with Crippen LogP contribution in [0, 0.1) is 0 Å². The molecule has 0 saturated heterocycles. The third-order valence-corrected chi connectivity index (χ3v) is 5.68. The molecule has 2 atom stereocenters. The Kier molecular flexibility index (Phi) is 5.70. The van der Waals surface area contributed by atoms with Crippen LogP contribution >= 0.6 is 15.2 Å². The van der Waals surface area contributed by atoms with Gasteiger partial charge >= 0.3 is 15.2 Å². The summed E-state index contributed by atoms with van der Waals surface area (Å²) in [6.45, 7) is 2.56. The number of benzene rings is 1. The fourth-order valence-electron chi connectivity index (χ4n) is 1.76. The van der Waals surface area contributed by atoms with Gasteiger partial charge in [0.15, 0.2) is 0 Å². The number of nitrogens with zero attached hydrogens (tertiary/aromatic N) is 1. The summed E-state index contributed by atoms with van der Waals surface area (Å²) in [5.41, 5.74) is 0.716. The third-order valence-electron chi connectivity index (χ3n) is 3.14. The van der Waals surface area contributed by atoms with E-state index in [4.69, 9.17) is 0 Å². The van der Waals surface area contributed by atoms with E-state index < -0.39 is 26.8 Å². The minimum absolute atomic E-state index is 0.0411. The highest BCUT2D eigenvalue weighted by atomic mass is 31.2. The first kappa shape index (κ1) is 17.5. The van der Waals surface area contributed by atoms with Crippen molar-refractivity contribution in [3.8, 4) is 0 Å². The first-order chi connectivity index (χ1) is 9.03. The minimum Gasteiger partial charge on any atom is -0.323 e. The van der Waals surface area contributed by atoms with E-state index in [2.05, 4.69) is 0 Å². The lowest BCUT2D eigenvalue weighted by Gasteiger charge is -2.34. The second-order valence-electron chi connectivity index (χ2n) is 4.60. The molecule has 0 radical (unpaired) electrons. The van der Waals surface area contributed by atoms with Gasteiger partial charge in [-0.25, -0.2) is 0 Å². The number of rotatable bonds is 6. The number of hydrogen-bond donors (Lipinski definition) is 4. The van der Waals surface area contributed by atoms with E-state index >= 15 is 0 Å². The summed E-state index contributed by atoms with van der Waals surface area (Å²) in [7, 11) is -8.98. The largest absolute Gasteiger partial charge is 0.342 e. The zero-order chi connectivity index (χ0) is 15.6. The van der Waals surface area contributed by atoms with Crippen molar-refractivity contribution in [3.63, 3.8) is 0 Å². The van der Waals surface area contributed by atoms with E-state index in [1.807, 2.05) is 0 Å². The summed E-state index contributed by atoms with van der Waals surface area (Å²) in [5, 5.41) is 0. The molecule has 0 bridgehead atoms. The van der Waals surface area contributed by atoms with Crippen LogP contribution in [-0.2, 0) is 15.7 Å². The van der Waals surface area contributed by atoms with Crippen LogP contribution in [0.25, 0.3) is 0 Å². The van der Waals surface area contributed by atoms with Gasteiger partial charge in [0, 0.05) is 6.54 Å². The van der Waals surface area contributed by atoms with Crippen LogP contribution in [0.15, 0.2) is 30.3 Å². The van der Waals surface area contributed by atoms with Crippen LogP contribution in [-0.4, -0.2) is 36.0 Å². The van der Waals surface area contributed by atoms with Crippen molar-refractivity contribution in [1.29, 1.82) is 0 Å². The Balaban J connectivity index is 3.08. The standard InChI is InChI=1S/C11H19NO6P2/c1-9(19(13,14)15)12(10(2)20(16,17)18)8-11-6-4-3-5-7-11/h3-7,9-10H,8H2,1-2H3,(H2,13,14,15)(H2,16,17,18). The van der Waals surface area contributed by atoms with Gasteiger partial charge in [0.05, 0.1) is 0 Å². The molecule has 0 aliphatic rings. The van der Waals surface area contributed by atoms with Gasteiger partial charge in [-0.1, -0.05) is 30.3 Å². The normalized spacial score (nSPS) is 16.1. The lowest BCUT2D eigenvalue weighted by atomic mass is 10.2. The monoisotopic (exact) mass is 323 g/mol. The van der Waals surface area contributed by atoms with Gasteiger partial charge in [-0.2, -0.15) is 0 Å². The summed E-state index contributed by atoms with van der Waals surface area (Å²) in [4.78, 5) is 38.2. The predicted molar refractivity (Wildman–Crippen MR) is 75.0 cm³/mol. The van der Waals surface area contributed by atoms with E-state index in [0.29, 0.717) is 5.56 Å². The molecule has 1 aromatic rings. The average Bonchev–Trinajstić information content (AvgIpc) is 2.33. The van der Waals surface area contributed by atoms with Crippen LogP contribution < -0.4 is 0 Å². The highest BCUT2D eigenvalue weighted by molar-refractivity contribution is 7.53. The van der Waals surface area contributed by atoms with Gasteiger partial charge < -0.3 is 19.6 Å². The molecular weight excluding hydrogens is 304 g/mol. The Morgan fingerprint density at radius 3 is 1.70 bits per heavy atom. The van der Waals surface area contributed by atoms with E-state index in [0.717, 1.165) is 4.90 Å². The van der Waals surface area contributed by atoms with Crippen molar-refractivity contribution >= 4 is 15.2 Å². The maximum atomic E-state index is 11.4. The Labute approximate surface area is 117 Å². The summed E-state index contributed by atoms with van der Waals surface area (Å²) in [5.74, 6) is -2.57. The molecule has 0 heterocycles. The molecule has 0 spiro atoms. The van der Waals surface area contributed by atoms with Crippen molar-refractivity contribution in [2.24, 2.45) is 0 Å². The van der Waals surface area contributed by atoms with E-state index in [-0.39, 0.29) is 6.54 Å². The van der Waals surface area contributed by atoms with Crippen molar-refractivity contribution in [1.82, 2.24) is 4.90 Å². The van der Waals surface area contributed by atoms with E-state index in [1.54, 1.807) is 30.3 Å². The summed E-state index contributed by atoms with van der Waals surface area (Å²) in [6, 6.07) is 8.74. The Morgan fingerprint density at radius 2 is 1.35 bits per heavy atom. The highest BCUT2D eigenvalue weighted by Crippen LogP contribution is 2.50. The van der Waals surface area contributed by atoms with Crippen LogP contribution in [0.5, 0.6) is 0 Å². The van der Waals surface area contributed by atoms with Gasteiger partial charge in [0.25, 0.3) is 0 Å². The molecule has 2 unspecified atom stereocenters. The fraction of sp³-hybridized carbons (Fsp3) is 0.455. The summed E-state index contributed by atoms with van der Waals surface area (Å²) < 4.78 is 22.8. The maximum absolute atomic E-state index is 11.4. The van der Waals surface area contributed by atoms with Crippen LogP contribution in [0.3, 0.4) is 0 Å². The fourth-order valence-corrected chi connectivity index (χ4v) is 3.20. The van der Waals surface area contributed by atoms with Crippen LogP contribution in [0.4, 0.5) is 0 Å². The second-order valence-corrected chi connectivity index (χ2v) is 8.45. The molecule has 1 rings (SSSR count). The Morgan fingerprint density at radius 1 is 0.950 bits per heavy atom. The molecule has 4 N–H and O–H groups in total. The van der Waals surface area contributed by atoms with Crippen LogP contribution in [0.1, 0.15) is 19.4 Å². The van der Waals surface area contributed by atoms with Gasteiger partial charge in [-0.05, 0) is 19.4 Å². The first-order valence-electron chi connectivity index (χ1n) is 5.93. The quantitative estimate of drug-likeness (QED) is 0.586. The molecule has 114 valence electrons. The van der Waals surface area contributed by atoms with Crippen molar-refractivity contribution in [3.05, 3.63) is 35.9 Å². The van der Waals surface area contributed by atoms with Crippen LogP contribution in [0.2, 0.25) is 0 Å². The van der Waals surface area contributed by atoms with Crippen molar-refractivity contribution < 1.29 is 28.7 Å². The topological polar surface area (TPSA) is 118 Å². The Hall–Kier alpha value is -0.520. The van der Waals surface area contributed by atoms with Gasteiger partial charge in [0.2, 0.25) is 0 Å². The molecule has 0 saturated carbocycles. The minimum atomic E-state index is -4.49. The molecule has 0 aliphatic carbocycles. The smallest absolute Gasteiger partial charge is 0.323 e. The van der Waals surface area contributed by atoms with Gasteiger partial charge in [-0.15, -0.1) is 0 Å². The van der Waals surface area contributed by atoms with Crippen molar-refractivity contribution in [2.75, 3.05) is 0 Å². The highest BCUT2D eigenvalue weighted by Gasteiger charge is 2.39. The van der Waals surface area contributed by atoms with Crippen molar-refractivity contribution in [2.45, 2.75) is 32.0 Å². The molecule has 1 aromatic carbocycles. The van der Waals surface area contributed by atoms with Gasteiger partial charge in [0.1, 0.15) is 11.6 Å². The SMILES string of the molecule is CC(N(Cc1ccccc1)C(C)P(=O)(O)O)P(=O)(O)O. The molecule has 0 aromatic heterocycles. The molecule has 20 heavy (non-hydrogen) atoms. The zero-order valence-corrected chi connectivity index (χ0v) is 13.0. The van der Waals surface area contributed by atoms with Gasteiger partial charge in [-0.3, -0.25) is 14.0 Å². The Bertz CT molecular complexity index is 497. The first-order valence-corrected chi connectivity index (χ1v) is 9.30. The lowest BCUT2D eigenvalue weighted by Crippen LogP contribution is -2.39. The lowest BCUT2D eigenvalue weighted by molar-refractivity contribution is 0.182. The molecule has 0 fully saturated rings. The maximum Gasteiger partial charge on any atom is 0.342 e. The third kappa shape index (κ3) is 4.79. The zero-order valence-electron chi connectivity index (χ0n) is 11.2. The molecule has 0 amide bonds. The average molecular weight is 323 g/mol. The number of hydrogen-bond acceptors (Lipinski definition) is 3. The summed E-state index contributed by atoms with van der Waals surface area (Å²) in [6.07, 6.45) is 0. The molecule has 7 nitrogen and oxygen atoms in total. The molecule has 0 aliphatic heterocycles. The molecule has 9 heteroatoms.